The second kappa shape index (κ2) is 11.4. The average molecular weight is 229 g/mol. The molecule has 2 unspecified atom stereocenters. The van der Waals surface area contributed by atoms with Crippen molar-refractivity contribution in [3.63, 3.8) is 0 Å². The van der Waals surface area contributed by atoms with Crippen molar-refractivity contribution in [2.75, 3.05) is 0 Å². The zero-order valence-corrected chi connectivity index (χ0v) is 11.5. The first-order valence-corrected chi connectivity index (χ1v) is 7.18. The quantitative estimate of drug-likeness (QED) is 0.417. The Kier molecular flexibility index (Phi) is 11.3. The maximum atomic E-state index is 9.86. The third kappa shape index (κ3) is 9.17. The van der Waals surface area contributed by atoms with Crippen molar-refractivity contribution < 1.29 is 5.11 Å². The van der Waals surface area contributed by atoms with Crippen molar-refractivity contribution in [1.82, 2.24) is 5.32 Å². The van der Waals surface area contributed by atoms with Crippen LogP contribution in [0, 0.1) is 0 Å². The Bertz CT molecular complexity index is 139. The molecule has 0 aliphatic rings. The molecule has 0 aromatic heterocycles. The highest BCUT2D eigenvalue weighted by molar-refractivity contribution is 4.68. The largest absolute Gasteiger partial charge is 0.379 e. The number of rotatable bonds is 11. The van der Waals surface area contributed by atoms with E-state index in [2.05, 4.69) is 26.1 Å². The second-order valence-corrected chi connectivity index (χ2v) is 4.81. The Morgan fingerprint density at radius 2 is 1.50 bits per heavy atom. The van der Waals surface area contributed by atoms with Crippen LogP contribution in [0.15, 0.2) is 0 Å². The molecule has 0 aliphatic heterocycles. The van der Waals surface area contributed by atoms with Crippen molar-refractivity contribution in [2.24, 2.45) is 0 Å². The molecular formula is C14H31NO. The lowest BCUT2D eigenvalue weighted by atomic mass is 10.0. The van der Waals surface area contributed by atoms with E-state index in [1.165, 1.54) is 44.9 Å². The summed E-state index contributed by atoms with van der Waals surface area (Å²) in [7, 11) is 0. The van der Waals surface area contributed by atoms with Crippen LogP contribution in [0.4, 0.5) is 0 Å². The zero-order chi connectivity index (χ0) is 12.2. The lowest BCUT2D eigenvalue weighted by molar-refractivity contribution is 0.106. The highest BCUT2D eigenvalue weighted by Gasteiger charge is 2.11. The molecule has 0 aromatic rings. The van der Waals surface area contributed by atoms with Crippen LogP contribution in [0.5, 0.6) is 0 Å². The van der Waals surface area contributed by atoms with Gasteiger partial charge in [-0.3, -0.25) is 5.32 Å². The van der Waals surface area contributed by atoms with Crippen LogP contribution in [0.3, 0.4) is 0 Å². The Morgan fingerprint density at radius 3 is 2.06 bits per heavy atom. The molecule has 0 heterocycles. The van der Waals surface area contributed by atoms with Gasteiger partial charge in [-0.25, -0.2) is 0 Å². The third-order valence-corrected chi connectivity index (χ3v) is 3.05. The maximum Gasteiger partial charge on any atom is 0.105 e. The van der Waals surface area contributed by atoms with Gasteiger partial charge in [0.15, 0.2) is 0 Å². The van der Waals surface area contributed by atoms with Gasteiger partial charge in [0, 0.05) is 6.04 Å². The molecule has 0 bridgehead atoms. The van der Waals surface area contributed by atoms with Crippen LogP contribution in [0.1, 0.15) is 78.6 Å². The van der Waals surface area contributed by atoms with Crippen molar-refractivity contribution in [1.29, 1.82) is 0 Å². The molecule has 0 saturated heterocycles. The topological polar surface area (TPSA) is 32.3 Å². The van der Waals surface area contributed by atoms with E-state index in [9.17, 15) is 5.11 Å². The number of hydrogen-bond acceptors (Lipinski definition) is 2. The first-order chi connectivity index (χ1) is 7.74. The number of nitrogens with one attached hydrogen (secondary N) is 1. The van der Waals surface area contributed by atoms with Crippen molar-refractivity contribution in [3.8, 4) is 0 Å². The zero-order valence-electron chi connectivity index (χ0n) is 11.5. The van der Waals surface area contributed by atoms with Gasteiger partial charge in [-0.05, 0) is 25.7 Å². The van der Waals surface area contributed by atoms with Gasteiger partial charge in [0.05, 0.1) is 0 Å². The highest BCUT2D eigenvalue weighted by atomic mass is 16.3. The van der Waals surface area contributed by atoms with Gasteiger partial charge in [-0.2, -0.15) is 0 Å². The van der Waals surface area contributed by atoms with E-state index >= 15 is 0 Å². The fourth-order valence-corrected chi connectivity index (χ4v) is 2.05. The third-order valence-electron chi connectivity index (χ3n) is 3.05. The van der Waals surface area contributed by atoms with Gasteiger partial charge in [0.25, 0.3) is 0 Å². The summed E-state index contributed by atoms with van der Waals surface area (Å²) in [5.74, 6) is 0. The number of unbranched alkanes of at least 4 members (excludes halogenated alkanes) is 3. The summed E-state index contributed by atoms with van der Waals surface area (Å²) in [6.45, 7) is 6.63. The van der Waals surface area contributed by atoms with Crippen LogP contribution in [0.2, 0.25) is 0 Å². The Balaban J connectivity index is 3.68. The Morgan fingerprint density at radius 1 is 0.812 bits per heavy atom. The van der Waals surface area contributed by atoms with Gasteiger partial charge in [-0.1, -0.05) is 52.9 Å². The summed E-state index contributed by atoms with van der Waals surface area (Å²) < 4.78 is 0. The molecule has 0 spiro atoms. The van der Waals surface area contributed by atoms with Gasteiger partial charge in [0.2, 0.25) is 0 Å². The monoisotopic (exact) mass is 229 g/mol. The molecule has 0 saturated carbocycles. The molecule has 2 atom stereocenters. The van der Waals surface area contributed by atoms with E-state index in [1.807, 2.05) is 0 Å². The lowest BCUT2D eigenvalue weighted by Gasteiger charge is -2.22. The summed E-state index contributed by atoms with van der Waals surface area (Å²) in [4.78, 5) is 0. The number of aliphatic hydroxyl groups is 1. The summed E-state index contributed by atoms with van der Waals surface area (Å²) in [5.41, 5.74) is 0. The van der Waals surface area contributed by atoms with E-state index in [4.69, 9.17) is 0 Å². The minimum atomic E-state index is -0.292. The van der Waals surface area contributed by atoms with E-state index in [-0.39, 0.29) is 6.23 Å². The first kappa shape index (κ1) is 15.9. The molecule has 0 amide bonds. The summed E-state index contributed by atoms with van der Waals surface area (Å²) in [6, 6.07) is 0.515. The summed E-state index contributed by atoms with van der Waals surface area (Å²) in [5, 5.41) is 13.2. The van der Waals surface area contributed by atoms with Crippen molar-refractivity contribution in [2.45, 2.75) is 90.8 Å². The van der Waals surface area contributed by atoms with Gasteiger partial charge in [0.1, 0.15) is 6.23 Å². The SMILES string of the molecule is CCCCCC(O)NC(CCC)CCCC. The minimum Gasteiger partial charge on any atom is -0.379 e. The standard InChI is InChI=1S/C14H31NO/c1-4-7-9-12-14(16)15-13(10-6-3)11-8-5-2/h13-16H,4-12H2,1-3H3. The molecule has 16 heavy (non-hydrogen) atoms. The molecule has 98 valence electrons. The fourth-order valence-electron chi connectivity index (χ4n) is 2.05. The predicted molar refractivity (Wildman–Crippen MR) is 71.5 cm³/mol. The maximum absolute atomic E-state index is 9.86. The minimum absolute atomic E-state index is 0.292. The lowest BCUT2D eigenvalue weighted by Crippen LogP contribution is -2.38. The van der Waals surface area contributed by atoms with Crippen molar-refractivity contribution >= 4 is 0 Å². The number of aliphatic hydroxyl groups excluding tert-OH is 1. The molecule has 0 rings (SSSR count). The normalized spacial score (nSPS) is 15.0. The molecule has 0 aliphatic carbocycles. The molecular weight excluding hydrogens is 198 g/mol. The van der Waals surface area contributed by atoms with Gasteiger partial charge in [-0.15, -0.1) is 0 Å². The molecule has 0 radical (unpaired) electrons. The van der Waals surface area contributed by atoms with Crippen LogP contribution in [-0.2, 0) is 0 Å². The molecule has 2 N–H and O–H groups in total. The van der Waals surface area contributed by atoms with E-state index < -0.39 is 0 Å². The Hall–Kier alpha value is -0.0800. The Labute approximate surface area is 102 Å². The van der Waals surface area contributed by atoms with Crippen molar-refractivity contribution in [3.05, 3.63) is 0 Å². The van der Waals surface area contributed by atoms with E-state index in [0.717, 1.165) is 12.8 Å². The van der Waals surface area contributed by atoms with E-state index in [0.29, 0.717) is 6.04 Å². The van der Waals surface area contributed by atoms with Gasteiger partial charge < -0.3 is 5.11 Å². The molecule has 0 fully saturated rings. The summed E-state index contributed by atoms with van der Waals surface area (Å²) >= 11 is 0. The summed E-state index contributed by atoms with van der Waals surface area (Å²) in [6.07, 6.45) is 10.3. The average Bonchev–Trinajstić information content (AvgIpc) is 2.26. The fraction of sp³-hybridized carbons (Fsp3) is 1.00. The molecule has 2 nitrogen and oxygen atoms in total. The highest BCUT2D eigenvalue weighted by Crippen LogP contribution is 2.09. The van der Waals surface area contributed by atoms with E-state index in [1.54, 1.807) is 0 Å². The predicted octanol–water partition coefficient (Wildman–Crippen LogP) is 3.83. The second-order valence-electron chi connectivity index (χ2n) is 4.81. The smallest absolute Gasteiger partial charge is 0.105 e. The van der Waals surface area contributed by atoms with Gasteiger partial charge >= 0.3 is 0 Å². The van der Waals surface area contributed by atoms with Crippen LogP contribution in [-0.4, -0.2) is 17.4 Å². The van der Waals surface area contributed by atoms with Crippen LogP contribution < -0.4 is 5.32 Å². The molecule has 2 heteroatoms. The number of hydrogen-bond donors (Lipinski definition) is 2. The molecule has 0 aromatic carbocycles. The van der Waals surface area contributed by atoms with Crippen LogP contribution in [0.25, 0.3) is 0 Å². The first-order valence-electron chi connectivity index (χ1n) is 7.18. The van der Waals surface area contributed by atoms with Crippen LogP contribution >= 0.6 is 0 Å².